The lowest BCUT2D eigenvalue weighted by molar-refractivity contribution is -0.128. The van der Waals surface area contributed by atoms with Gasteiger partial charge in [0.15, 0.2) is 0 Å². The second kappa shape index (κ2) is 10.3. The number of carbonyl (C=O) groups excluding carboxylic acids is 1. The molecular formula is C28H37FN4O2. The molecule has 6 unspecified atom stereocenters. The van der Waals surface area contributed by atoms with Crippen LogP contribution < -0.4 is 16.2 Å². The van der Waals surface area contributed by atoms with Gasteiger partial charge in [-0.2, -0.15) is 0 Å². The van der Waals surface area contributed by atoms with Gasteiger partial charge in [-0.25, -0.2) is 9.82 Å². The maximum absolute atomic E-state index is 14.3. The van der Waals surface area contributed by atoms with E-state index in [0.717, 1.165) is 44.2 Å². The average molecular weight is 481 g/mol. The van der Waals surface area contributed by atoms with Crippen LogP contribution in [0.5, 0.6) is 0 Å². The highest BCUT2D eigenvalue weighted by Crippen LogP contribution is 2.42. The van der Waals surface area contributed by atoms with Crippen molar-refractivity contribution in [3.63, 3.8) is 0 Å². The molecule has 2 aliphatic carbocycles. The second-order valence-electron chi connectivity index (χ2n) is 11.0. The monoisotopic (exact) mass is 480 g/mol. The molecule has 2 aromatic rings. The molecule has 188 valence electrons. The number of aryl methyl sites for hydroxylation is 1. The smallest absolute Gasteiger partial charge is 0.223 e. The molecule has 1 aromatic heterocycles. The van der Waals surface area contributed by atoms with Crippen molar-refractivity contribution in [1.82, 2.24) is 21.2 Å². The minimum Gasteiger partial charge on any atom is -0.396 e. The number of amides is 1. The number of hydrogen-bond donors (Lipinski definition) is 4. The molecule has 6 nitrogen and oxygen atoms in total. The zero-order valence-corrected chi connectivity index (χ0v) is 20.5. The Labute approximate surface area is 207 Å². The topological polar surface area (TPSA) is 86.3 Å². The number of pyridine rings is 1. The summed E-state index contributed by atoms with van der Waals surface area (Å²) < 4.78 is 14.3. The van der Waals surface area contributed by atoms with Gasteiger partial charge in [0.25, 0.3) is 0 Å². The molecule has 3 fully saturated rings. The molecule has 1 aliphatic heterocycles. The number of rotatable bonds is 6. The van der Waals surface area contributed by atoms with Gasteiger partial charge in [0.1, 0.15) is 5.82 Å². The van der Waals surface area contributed by atoms with Crippen molar-refractivity contribution in [2.24, 2.45) is 17.3 Å². The van der Waals surface area contributed by atoms with Crippen LogP contribution in [-0.4, -0.2) is 34.7 Å². The first-order chi connectivity index (χ1) is 17.0. The summed E-state index contributed by atoms with van der Waals surface area (Å²) in [5.41, 5.74) is 9.38. The first-order valence-electron chi connectivity index (χ1n) is 13.0. The second-order valence-corrected chi connectivity index (χ2v) is 11.0. The molecular weight excluding hydrogens is 443 g/mol. The third-order valence-electron chi connectivity index (χ3n) is 8.55. The minimum atomic E-state index is -0.389. The Hall–Kier alpha value is -2.35. The first kappa shape index (κ1) is 24.3. The van der Waals surface area contributed by atoms with E-state index in [1.807, 2.05) is 19.2 Å². The Morgan fingerprint density at radius 3 is 2.89 bits per heavy atom. The minimum absolute atomic E-state index is 0.00521. The van der Waals surface area contributed by atoms with Crippen molar-refractivity contribution in [2.45, 2.75) is 76.4 Å². The fourth-order valence-electron chi connectivity index (χ4n) is 6.68. The number of nitrogens with one attached hydrogen (secondary N) is 3. The van der Waals surface area contributed by atoms with Crippen molar-refractivity contribution in [3.8, 4) is 0 Å². The molecule has 2 heterocycles. The van der Waals surface area contributed by atoms with E-state index in [-0.39, 0.29) is 41.7 Å². The summed E-state index contributed by atoms with van der Waals surface area (Å²) in [6, 6.07) is 11.6. The van der Waals surface area contributed by atoms with Gasteiger partial charge in [-0.1, -0.05) is 24.6 Å². The lowest BCUT2D eigenvalue weighted by atomic mass is 9.69. The molecule has 1 saturated heterocycles. The zero-order valence-electron chi connectivity index (χ0n) is 20.5. The molecule has 0 radical (unpaired) electrons. The highest BCUT2D eigenvalue weighted by Gasteiger charge is 2.44. The van der Waals surface area contributed by atoms with Gasteiger partial charge < -0.3 is 10.4 Å². The molecule has 5 rings (SSSR count). The highest BCUT2D eigenvalue weighted by atomic mass is 19.1. The summed E-state index contributed by atoms with van der Waals surface area (Å²) in [7, 11) is 0. The number of aliphatic hydroxyl groups is 1. The van der Waals surface area contributed by atoms with Crippen LogP contribution in [0, 0.1) is 30.0 Å². The largest absolute Gasteiger partial charge is 0.396 e. The summed E-state index contributed by atoms with van der Waals surface area (Å²) in [5, 5.41) is 13.6. The van der Waals surface area contributed by atoms with Crippen molar-refractivity contribution < 1.29 is 14.3 Å². The quantitative estimate of drug-likeness (QED) is 0.506. The summed E-state index contributed by atoms with van der Waals surface area (Å²) in [4.78, 5) is 17.7. The molecule has 0 bridgehead atoms. The molecule has 0 spiro atoms. The summed E-state index contributed by atoms with van der Waals surface area (Å²) >= 11 is 0. The number of hydrogen-bond acceptors (Lipinski definition) is 5. The number of carbonyl (C=O) groups is 1. The number of aliphatic hydroxyl groups excluding tert-OH is 1. The fraction of sp³-hybridized carbons (Fsp3) is 0.571. The Balaban J connectivity index is 1.22. The van der Waals surface area contributed by atoms with Gasteiger partial charge in [0, 0.05) is 36.5 Å². The van der Waals surface area contributed by atoms with Gasteiger partial charge in [-0.05, 0) is 92.5 Å². The predicted octanol–water partition coefficient (Wildman–Crippen LogP) is 3.74. The van der Waals surface area contributed by atoms with Crippen LogP contribution in [0.25, 0.3) is 0 Å². The Morgan fingerprint density at radius 1 is 1.23 bits per heavy atom. The number of nitrogens with zero attached hydrogens (tertiary/aromatic N) is 1. The molecule has 7 heteroatoms. The molecule has 35 heavy (non-hydrogen) atoms. The lowest BCUT2D eigenvalue weighted by Crippen LogP contribution is -2.48. The summed E-state index contributed by atoms with van der Waals surface area (Å²) in [6.45, 7) is 2.01. The standard InChI is InChI=1S/C28H37FN4O2/c1-18-13-19(10-12-30-18)26-23-14-20(8-9-25(23)32-33-26)27(35)31-22-6-4-11-28(16-22,17-34)15-21-5-2-3-7-24(21)29/h2-3,5,7,10,12-13,20,22-23,25-26,32-34H,4,6,8-9,11,14-17H2,1H3,(H,31,35). The van der Waals surface area contributed by atoms with Crippen molar-refractivity contribution in [2.75, 3.05) is 6.61 Å². The van der Waals surface area contributed by atoms with E-state index in [0.29, 0.717) is 30.4 Å². The summed E-state index contributed by atoms with van der Waals surface area (Å²) in [5.74, 6) is 0.247. The van der Waals surface area contributed by atoms with Crippen LogP contribution in [0.1, 0.15) is 67.8 Å². The fourth-order valence-corrected chi connectivity index (χ4v) is 6.68. The van der Waals surface area contributed by atoms with Gasteiger partial charge in [-0.15, -0.1) is 0 Å². The van der Waals surface area contributed by atoms with E-state index >= 15 is 0 Å². The van der Waals surface area contributed by atoms with Gasteiger partial charge in [-0.3, -0.25) is 15.2 Å². The van der Waals surface area contributed by atoms with Crippen LogP contribution in [0.15, 0.2) is 42.6 Å². The van der Waals surface area contributed by atoms with Gasteiger partial charge >= 0.3 is 0 Å². The number of fused-ring (bicyclic) bond motifs is 1. The van der Waals surface area contributed by atoms with E-state index in [1.54, 1.807) is 12.1 Å². The van der Waals surface area contributed by atoms with Crippen molar-refractivity contribution in [1.29, 1.82) is 0 Å². The van der Waals surface area contributed by atoms with E-state index in [2.05, 4.69) is 33.3 Å². The lowest BCUT2D eigenvalue weighted by Gasteiger charge is -2.41. The summed E-state index contributed by atoms with van der Waals surface area (Å²) in [6.07, 6.45) is 8.40. The van der Waals surface area contributed by atoms with Crippen molar-refractivity contribution >= 4 is 5.91 Å². The normalized spacial score (nSPS) is 32.7. The number of hydrazine groups is 1. The molecule has 3 aliphatic rings. The average Bonchev–Trinajstić information content (AvgIpc) is 3.29. The molecule has 6 atom stereocenters. The van der Waals surface area contributed by atoms with E-state index in [1.165, 1.54) is 11.6 Å². The maximum Gasteiger partial charge on any atom is 0.223 e. The SMILES string of the molecule is Cc1cc(C2NNC3CCC(C(=O)NC4CCCC(CO)(Cc5ccccc5F)C4)CC32)ccn1. The molecule has 1 amide bonds. The third-order valence-corrected chi connectivity index (χ3v) is 8.55. The molecule has 4 N–H and O–H groups in total. The van der Waals surface area contributed by atoms with Gasteiger partial charge in [0.05, 0.1) is 6.04 Å². The van der Waals surface area contributed by atoms with Crippen LogP contribution in [0.4, 0.5) is 4.39 Å². The first-order valence-corrected chi connectivity index (χ1v) is 13.0. The predicted molar refractivity (Wildman–Crippen MR) is 133 cm³/mol. The molecule has 1 aromatic carbocycles. The number of halogens is 1. The molecule has 2 saturated carbocycles. The Bertz CT molecular complexity index is 1050. The van der Waals surface area contributed by atoms with Crippen LogP contribution >= 0.6 is 0 Å². The Morgan fingerprint density at radius 2 is 2.09 bits per heavy atom. The van der Waals surface area contributed by atoms with Crippen LogP contribution in [0.3, 0.4) is 0 Å². The highest BCUT2D eigenvalue weighted by molar-refractivity contribution is 5.79. The van der Waals surface area contributed by atoms with E-state index < -0.39 is 0 Å². The van der Waals surface area contributed by atoms with E-state index in [4.69, 9.17) is 0 Å². The maximum atomic E-state index is 14.3. The number of benzene rings is 1. The van der Waals surface area contributed by atoms with Crippen LogP contribution in [0.2, 0.25) is 0 Å². The van der Waals surface area contributed by atoms with Gasteiger partial charge in [0.2, 0.25) is 5.91 Å². The van der Waals surface area contributed by atoms with Crippen molar-refractivity contribution in [3.05, 3.63) is 65.2 Å². The Kier molecular flexibility index (Phi) is 7.19. The zero-order chi connectivity index (χ0) is 24.4. The van der Waals surface area contributed by atoms with Crippen LogP contribution in [-0.2, 0) is 11.2 Å². The third kappa shape index (κ3) is 5.27. The number of aromatic nitrogens is 1. The van der Waals surface area contributed by atoms with E-state index in [9.17, 15) is 14.3 Å².